The zero-order valence-electron chi connectivity index (χ0n) is 13.0. The molecule has 2 aromatic rings. The maximum atomic E-state index is 13.1. The number of thiol groups is 1. The number of nitrogens with zero attached hydrogens (tertiary/aromatic N) is 2. The van der Waals surface area contributed by atoms with Crippen LogP contribution in [0.1, 0.15) is 24.7 Å². The molecule has 23 heavy (non-hydrogen) atoms. The zero-order valence-corrected chi connectivity index (χ0v) is 13.9. The van der Waals surface area contributed by atoms with Crippen molar-refractivity contribution in [3.63, 3.8) is 0 Å². The van der Waals surface area contributed by atoms with E-state index < -0.39 is 6.04 Å². The number of fused-ring (bicyclic) bond motifs is 1. The molecule has 1 aromatic heterocycles. The van der Waals surface area contributed by atoms with Gasteiger partial charge in [-0.15, -0.1) is 0 Å². The van der Waals surface area contributed by atoms with Crippen molar-refractivity contribution in [2.75, 3.05) is 24.2 Å². The maximum absolute atomic E-state index is 13.1. The lowest BCUT2D eigenvalue weighted by molar-refractivity contribution is -0.126. The number of hydrogen-bond acceptors (Lipinski definition) is 5. The Kier molecular flexibility index (Phi) is 4.56. The van der Waals surface area contributed by atoms with E-state index >= 15 is 0 Å². The molecule has 122 valence electrons. The van der Waals surface area contributed by atoms with Gasteiger partial charge in [-0.1, -0.05) is 6.07 Å². The van der Waals surface area contributed by atoms with E-state index in [0.29, 0.717) is 42.0 Å². The minimum Gasteiger partial charge on any atom is -0.384 e. The minimum atomic E-state index is -0.480. The molecule has 6 nitrogen and oxygen atoms in total. The highest BCUT2D eigenvalue weighted by molar-refractivity contribution is 7.80. The van der Waals surface area contributed by atoms with E-state index in [2.05, 4.69) is 28.2 Å². The fourth-order valence-corrected chi connectivity index (χ4v) is 3.17. The number of piperidine rings is 1. The Hall–Kier alpha value is -2.02. The first kappa shape index (κ1) is 15.9. The largest absolute Gasteiger partial charge is 0.384 e. The molecule has 0 aliphatic carbocycles. The predicted octanol–water partition coefficient (Wildman–Crippen LogP) is 1.50. The van der Waals surface area contributed by atoms with Crippen molar-refractivity contribution in [1.82, 2.24) is 14.9 Å². The van der Waals surface area contributed by atoms with E-state index in [9.17, 15) is 9.59 Å². The molecular formula is C16H20N4O2S. The number of benzene rings is 1. The summed E-state index contributed by atoms with van der Waals surface area (Å²) in [6.07, 6.45) is 1.52. The summed E-state index contributed by atoms with van der Waals surface area (Å²) in [5.41, 5.74) is 1.21. The summed E-state index contributed by atoms with van der Waals surface area (Å²) in [5.74, 6) is 1.12. The van der Waals surface area contributed by atoms with Crippen LogP contribution in [0.15, 0.2) is 23.0 Å². The van der Waals surface area contributed by atoms with Crippen LogP contribution in [-0.4, -0.2) is 34.3 Å². The Balaban J connectivity index is 2.19. The van der Waals surface area contributed by atoms with E-state index in [4.69, 9.17) is 0 Å². The molecule has 2 N–H and O–H groups in total. The Morgan fingerprint density at radius 2 is 2.26 bits per heavy atom. The highest BCUT2D eigenvalue weighted by Gasteiger charge is 2.27. The molecule has 2 heterocycles. The Labute approximate surface area is 139 Å². The van der Waals surface area contributed by atoms with Gasteiger partial charge in [0.15, 0.2) is 0 Å². The second-order valence-corrected chi connectivity index (χ2v) is 6.08. The van der Waals surface area contributed by atoms with E-state index in [1.165, 1.54) is 4.57 Å². The first-order valence-electron chi connectivity index (χ1n) is 7.78. The van der Waals surface area contributed by atoms with Gasteiger partial charge in [0.1, 0.15) is 11.9 Å². The minimum absolute atomic E-state index is 0.108. The molecule has 1 fully saturated rings. The normalized spacial score (nSPS) is 18.0. The lowest BCUT2D eigenvalue weighted by Crippen LogP contribution is -2.42. The highest BCUT2D eigenvalue weighted by atomic mass is 32.1. The van der Waals surface area contributed by atoms with Gasteiger partial charge in [0.25, 0.3) is 5.56 Å². The van der Waals surface area contributed by atoms with Crippen LogP contribution >= 0.6 is 12.6 Å². The molecule has 0 bridgehead atoms. The topological polar surface area (TPSA) is 76.0 Å². The number of aromatic nitrogens is 2. The molecule has 0 spiro atoms. The number of amides is 1. The van der Waals surface area contributed by atoms with Crippen molar-refractivity contribution in [2.24, 2.45) is 0 Å². The Morgan fingerprint density at radius 3 is 3.00 bits per heavy atom. The number of carbonyl (C=O) groups excluding carboxylic acids is 1. The fourth-order valence-electron chi connectivity index (χ4n) is 3.06. The van der Waals surface area contributed by atoms with Crippen molar-refractivity contribution in [1.29, 1.82) is 0 Å². The van der Waals surface area contributed by atoms with Gasteiger partial charge in [-0.3, -0.25) is 14.2 Å². The molecule has 1 aliphatic rings. The average molecular weight is 332 g/mol. The van der Waals surface area contributed by atoms with E-state index in [0.717, 1.165) is 12.1 Å². The smallest absolute Gasteiger partial charge is 0.264 e. The van der Waals surface area contributed by atoms with Crippen LogP contribution in [0.25, 0.3) is 10.9 Å². The summed E-state index contributed by atoms with van der Waals surface area (Å²) in [5, 5.41) is 6.56. The molecule has 1 atom stereocenters. The third-order valence-electron chi connectivity index (χ3n) is 4.10. The summed E-state index contributed by atoms with van der Waals surface area (Å²) in [6.45, 7) is 3.09. The summed E-state index contributed by atoms with van der Waals surface area (Å²) >= 11 is 4.19. The molecular weight excluding hydrogens is 312 g/mol. The van der Waals surface area contributed by atoms with Crippen LogP contribution in [0.4, 0.5) is 5.69 Å². The van der Waals surface area contributed by atoms with E-state index in [1.54, 1.807) is 6.92 Å². The number of hydrogen-bond donors (Lipinski definition) is 3. The molecule has 1 aliphatic heterocycles. The molecule has 1 saturated heterocycles. The second kappa shape index (κ2) is 6.62. The standard InChI is InChI=1S/C16H20N4O2S/c1-10-19-12-5-2-4-11(17-8-9-23)14(12)16(22)20(10)13-6-3-7-18-15(13)21/h2,4-5,13,17,23H,3,6-9H2,1H3,(H,18,21). The quantitative estimate of drug-likeness (QED) is 0.742. The summed E-state index contributed by atoms with van der Waals surface area (Å²) in [7, 11) is 0. The van der Waals surface area contributed by atoms with Gasteiger partial charge >= 0.3 is 0 Å². The molecule has 0 radical (unpaired) electrons. The third-order valence-corrected chi connectivity index (χ3v) is 4.32. The number of rotatable bonds is 4. The highest BCUT2D eigenvalue weighted by Crippen LogP contribution is 2.22. The first-order valence-corrected chi connectivity index (χ1v) is 8.41. The molecule has 1 unspecified atom stereocenters. The van der Waals surface area contributed by atoms with Crippen LogP contribution in [0.3, 0.4) is 0 Å². The number of carbonyl (C=O) groups is 1. The van der Waals surface area contributed by atoms with Crippen LogP contribution in [0, 0.1) is 6.92 Å². The van der Waals surface area contributed by atoms with Crippen LogP contribution < -0.4 is 16.2 Å². The Bertz CT molecular complexity index is 803. The summed E-state index contributed by atoms with van der Waals surface area (Å²) in [6, 6.07) is 5.06. The third kappa shape index (κ3) is 2.93. The summed E-state index contributed by atoms with van der Waals surface area (Å²) in [4.78, 5) is 29.8. The van der Waals surface area contributed by atoms with Gasteiger partial charge in [-0.05, 0) is 31.9 Å². The SMILES string of the molecule is Cc1nc2cccc(NCCS)c2c(=O)n1C1CCCNC1=O. The molecule has 1 aromatic carbocycles. The van der Waals surface area contributed by atoms with E-state index in [1.807, 2.05) is 18.2 Å². The van der Waals surface area contributed by atoms with Gasteiger partial charge in [0, 0.05) is 24.5 Å². The van der Waals surface area contributed by atoms with Crippen molar-refractivity contribution in [3.05, 3.63) is 34.4 Å². The lowest BCUT2D eigenvalue weighted by Gasteiger charge is -2.25. The fraction of sp³-hybridized carbons (Fsp3) is 0.438. The maximum Gasteiger partial charge on any atom is 0.264 e. The predicted molar refractivity (Wildman–Crippen MR) is 94.4 cm³/mol. The van der Waals surface area contributed by atoms with Gasteiger partial charge < -0.3 is 10.6 Å². The van der Waals surface area contributed by atoms with Crippen molar-refractivity contribution in [3.8, 4) is 0 Å². The second-order valence-electron chi connectivity index (χ2n) is 5.63. The van der Waals surface area contributed by atoms with Gasteiger partial charge in [0.2, 0.25) is 5.91 Å². The average Bonchev–Trinajstić information content (AvgIpc) is 2.54. The molecule has 3 rings (SSSR count). The number of anilines is 1. The van der Waals surface area contributed by atoms with Crippen molar-refractivity contribution < 1.29 is 4.79 Å². The van der Waals surface area contributed by atoms with Crippen molar-refractivity contribution in [2.45, 2.75) is 25.8 Å². The van der Waals surface area contributed by atoms with E-state index in [-0.39, 0.29) is 11.5 Å². The van der Waals surface area contributed by atoms with Crippen LogP contribution in [0.2, 0.25) is 0 Å². The summed E-state index contributed by atoms with van der Waals surface area (Å²) < 4.78 is 1.53. The monoisotopic (exact) mass is 332 g/mol. The Morgan fingerprint density at radius 1 is 1.43 bits per heavy atom. The van der Waals surface area contributed by atoms with Crippen LogP contribution in [-0.2, 0) is 4.79 Å². The lowest BCUT2D eigenvalue weighted by atomic mass is 10.1. The molecule has 0 saturated carbocycles. The van der Waals surface area contributed by atoms with Gasteiger partial charge in [0.05, 0.1) is 10.9 Å². The van der Waals surface area contributed by atoms with Crippen molar-refractivity contribution >= 4 is 35.1 Å². The zero-order chi connectivity index (χ0) is 16.4. The molecule has 7 heteroatoms. The van der Waals surface area contributed by atoms with Gasteiger partial charge in [-0.2, -0.15) is 12.6 Å². The number of nitrogens with one attached hydrogen (secondary N) is 2. The number of aryl methyl sites for hydroxylation is 1. The van der Waals surface area contributed by atoms with Gasteiger partial charge in [-0.25, -0.2) is 4.98 Å². The van der Waals surface area contributed by atoms with Crippen LogP contribution in [0.5, 0.6) is 0 Å². The first-order chi connectivity index (χ1) is 11.1. The molecule has 1 amide bonds.